The summed E-state index contributed by atoms with van der Waals surface area (Å²) in [5.41, 5.74) is 1.61. The van der Waals surface area contributed by atoms with Gasteiger partial charge in [0.05, 0.1) is 0 Å². The van der Waals surface area contributed by atoms with E-state index in [1.165, 1.54) is 5.56 Å². The average Bonchev–Trinajstić information content (AvgIpc) is 2.61. The molecule has 0 aliphatic heterocycles. The van der Waals surface area contributed by atoms with E-state index in [1.54, 1.807) is 26.0 Å². The number of hydrogen-bond acceptors (Lipinski definition) is 2. The third kappa shape index (κ3) is 5.07. The van der Waals surface area contributed by atoms with Crippen LogP contribution in [0, 0.1) is 5.41 Å². The first-order valence-corrected chi connectivity index (χ1v) is 8.64. The van der Waals surface area contributed by atoms with Crippen molar-refractivity contribution < 1.29 is 9.59 Å². The monoisotopic (exact) mass is 358 g/mol. The van der Waals surface area contributed by atoms with E-state index in [4.69, 9.17) is 11.6 Å². The van der Waals surface area contributed by atoms with Crippen molar-refractivity contribution in [3.05, 3.63) is 64.7 Å². The zero-order valence-corrected chi connectivity index (χ0v) is 15.5. The van der Waals surface area contributed by atoms with Gasteiger partial charge >= 0.3 is 0 Å². The van der Waals surface area contributed by atoms with Gasteiger partial charge in [-0.05, 0) is 55.7 Å². The summed E-state index contributed by atoms with van der Waals surface area (Å²) in [6.07, 6.45) is 0.937. The van der Waals surface area contributed by atoms with E-state index in [0.717, 1.165) is 12.0 Å². The number of benzene rings is 2. The van der Waals surface area contributed by atoms with Gasteiger partial charge in [0.2, 0.25) is 11.8 Å². The summed E-state index contributed by atoms with van der Waals surface area (Å²) in [6, 6.07) is 14.8. The molecule has 2 rings (SSSR count). The Bertz CT molecular complexity index is 737. The van der Waals surface area contributed by atoms with E-state index in [9.17, 15) is 9.59 Å². The highest BCUT2D eigenvalue weighted by Gasteiger charge is 2.35. The standard InChI is InChI=1S/C20H23ClN2O2/c1-4-14-7-11-17(12-8-14)23-19(25)20(2,3)18(24)22-13-15-5-9-16(21)10-6-15/h5-12H,4,13H2,1-3H3,(H,22,24)(H,23,25). The molecule has 0 fully saturated rings. The fourth-order valence-electron chi connectivity index (χ4n) is 2.22. The van der Waals surface area contributed by atoms with Crippen LogP contribution in [0.1, 0.15) is 31.9 Å². The first-order chi connectivity index (χ1) is 11.8. The van der Waals surface area contributed by atoms with E-state index >= 15 is 0 Å². The number of carbonyl (C=O) groups is 2. The predicted molar refractivity (Wildman–Crippen MR) is 102 cm³/mol. The summed E-state index contributed by atoms with van der Waals surface area (Å²) in [5, 5.41) is 6.25. The van der Waals surface area contributed by atoms with Crippen molar-refractivity contribution in [3.8, 4) is 0 Å². The SMILES string of the molecule is CCc1ccc(NC(=O)C(C)(C)C(=O)NCc2ccc(Cl)cc2)cc1. The molecule has 0 heterocycles. The van der Waals surface area contributed by atoms with Crippen LogP contribution in [-0.2, 0) is 22.6 Å². The molecule has 2 aromatic carbocycles. The van der Waals surface area contributed by atoms with Gasteiger partial charge in [0.15, 0.2) is 0 Å². The lowest BCUT2D eigenvalue weighted by Gasteiger charge is -2.23. The van der Waals surface area contributed by atoms with Crippen molar-refractivity contribution in [1.82, 2.24) is 5.32 Å². The van der Waals surface area contributed by atoms with Gasteiger partial charge in [0, 0.05) is 17.3 Å². The second-order valence-electron chi connectivity index (χ2n) is 6.44. The number of aryl methyl sites for hydroxylation is 1. The Balaban J connectivity index is 1.96. The first kappa shape index (κ1) is 19.0. The van der Waals surface area contributed by atoms with Gasteiger partial charge in [0.1, 0.15) is 5.41 Å². The van der Waals surface area contributed by atoms with Crippen LogP contribution in [0.15, 0.2) is 48.5 Å². The highest BCUT2D eigenvalue weighted by Crippen LogP contribution is 2.20. The number of rotatable bonds is 6. The molecule has 4 nitrogen and oxygen atoms in total. The van der Waals surface area contributed by atoms with E-state index in [1.807, 2.05) is 36.4 Å². The first-order valence-electron chi connectivity index (χ1n) is 8.26. The third-order valence-electron chi connectivity index (χ3n) is 4.12. The molecule has 0 bridgehead atoms. The molecule has 0 spiro atoms. The summed E-state index contributed by atoms with van der Waals surface area (Å²) in [7, 11) is 0. The second kappa shape index (κ2) is 8.17. The summed E-state index contributed by atoms with van der Waals surface area (Å²) < 4.78 is 0. The molecule has 2 aromatic rings. The smallest absolute Gasteiger partial charge is 0.239 e. The van der Waals surface area contributed by atoms with Gasteiger partial charge in [-0.1, -0.05) is 42.8 Å². The molecule has 0 saturated carbocycles. The van der Waals surface area contributed by atoms with Crippen molar-refractivity contribution in [3.63, 3.8) is 0 Å². The van der Waals surface area contributed by atoms with Gasteiger partial charge in [-0.2, -0.15) is 0 Å². The zero-order chi connectivity index (χ0) is 18.4. The zero-order valence-electron chi connectivity index (χ0n) is 14.7. The molecule has 0 unspecified atom stereocenters. The molecule has 0 aromatic heterocycles. The van der Waals surface area contributed by atoms with Gasteiger partial charge in [-0.25, -0.2) is 0 Å². The number of anilines is 1. The fourth-order valence-corrected chi connectivity index (χ4v) is 2.35. The normalized spacial score (nSPS) is 11.0. The number of nitrogens with one attached hydrogen (secondary N) is 2. The average molecular weight is 359 g/mol. The lowest BCUT2D eigenvalue weighted by Crippen LogP contribution is -2.44. The number of hydrogen-bond donors (Lipinski definition) is 2. The highest BCUT2D eigenvalue weighted by molar-refractivity contribution is 6.30. The van der Waals surface area contributed by atoms with Crippen LogP contribution in [0.4, 0.5) is 5.69 Å². The molecule has 132 valence electrons. The van der Waals surface area contributed by atoms with Crippen LogP contribution in [0.3, 0.4) is 0 Å². The molecule has 2 N–H and O–H groups in total. The Morgan fingerprint density at radius 2 is 1.48 bits per heavy atom. The Hall–Kier alpha value is -2.33. The molecule has 25 heavy (non-hydrogen) atoms. The van der Waals surface area contributed by atoms with Crippen LogP contribution in [-0.4, -0.2) is 11.8 Å². The largest absolute Gasteiger partial charge is 0.351 e. The van der Waals surface area contributed by atoms with Gasteiger partial charge in [0.25, 0.3) is 0 Å². The number of halogens is 1. The number of carbonyl (C=O) groups excluding carboxylic acids is 2. The van der Waals surface area contributed by atoms with Gasteiger partial charge < -0.3 is 10.6 Å². The lowest BCUT2D eigenvalue weighted by atomic mass is 9.90. The minimum Gasteiger partial charge on any atom is -0.351 e. The molecule has 0 saturated heterocycles. The molecule has 0 atom stereocenters. The van der Waals surface area contributed by atoms with Crippen molar-refractivity contribution in [2.75, 3.05) is 5.32 Å². The Kier molecular flexibility index (Phi) is 6.21. The van der Waals surface area contributed by atoms with Crippen LogP contribution < -0.4 is 10.6 Å². The van der Waals surface area contributed by atoms with Crippen molar-refractivity contribution >= 4 is 29.1 Å². The van der Waals surface area contributed by atoms with Crippen LogP contribution >= 0.6 is 11.6 Å². The van der Waals surface area contributed by atoms with Crippen molar-refractivity contribution in [2.24, 2.45) is 5.41 Å². The van der Waals surface area contributed by atoms with Crippen molar-refractivity contribution in [2.45, 2.75) is 33.7 Å². The summed E-state index contributed by atoms with van der Waals surface area (Å²) >= 11 is 5.84. The summed E-state index contributed by atoms with van der Waals surface area (Å²) in [5.74, 6) is -0.671. The van der Waals surface area contributed by atoms with Gasteiger partial charge in [-0.15, -0.1) is 0 Å². The minimum absolute atomic E-state index is 0.329. The Labute approximate surface area is 153 Å². The van der Waals surface area contributed by atoms with E-state index in [2.05, 4.69) is 17.6 Å². The molecule has 2 amide bonds. The van der Waals surface area contributed by atoms with Crippen LogP contribution in [0.2, 0.25) is 5.02 Å². The lowest BCUT2D eigenvalue weighted by molar-refractivity contribution is -0.138. The molecular weight excluding hydrogens is 336 g/mol. The highest BCUT2D eigenvalue weighted by atomic mass is 35.5. The minimum atomic E-state index is -1.18. The van der Waals surface area contributed by atoms with Crippen LogP contribution in [0.25, 0.3) is 0 Å². The van der Waals surface area contributed by atoms with E-state index < -0.39 is 5.41 Å². The van der Waals surface area contributed by atoms with Crippen LogP contribution in [0.5, 0.6) is 0 Å². The molecule has 0 radical (unpaired) electrons. The quantitative estimate of drug-likeness (QED) is 0.761. The maximum atomic E-state index is 12.5. The Morgan fingerprint density at radius 3 is 2.04 bits per heavy atom. The van der Waals surface area contributed by atoms with E-state index in [-0.39, 0.29) is 11.8 Å². The Morgan fingerprint density at radius 1 is 0.920 bits per heavy atom. The maximum Gasteiger partial charge on any atom is 0.239 e. The summed E-state index contributed by atoms with van der Waals surface area (Å²) in [6.45, 7) is 5.64. The van der Waals surface area contributed by atoms with Gasteiger partial charge in [-0.3, -0.25) is 9.59 Å². The molecule has 5 heteroatoms. The van der Waals surface area contributed by atoms with Crippen molar-refractivity contribution in [1.29, 1.82) is 0 Å². The topological polar surface area (TPSA) is 58.2 Å². The maximum absolute atomic E-state index is 12.5. The predicted octanol–water partition coefficient (Wildman–Crippen LogP) is 4.18. The number of amides is 2. The summed E-state index contributed by atoms with van der Waals surface area (Å²) in [4.78, 5) is 24.9. The molecule has 0 aliphatic rings. The third-order valence-corrected chi connectivity index (χ3v) is 4.37. The molecule has 0 aliphatic carbocycles. The van der Waals surface area contributed by atoms with E-state index in [0.29, 0.717) is 17.3 Å². The second-order valence-corrected chi connectivity index (χ2v) is 6.88. The fraction of sp³-hybridized carbons (Fsp3) is 0.300. The molecular formula is C20H23ClN2O2.